The van der Waals surface area contributed by atoms with Gasteiger partial charge in [0.1, 0.15) is 0 Å². The maximum atomic E-state index is 12.0. The summed E-state index contributed by atoms with van der Waals surface area (Å²) in [7, 11) is 0. The molecule has 0 unspecified atom stereocenters. The molecule has 2 rings (SSSR count). The summed E-state index contributed by atoms with van der Waals surface area (Å²) in [5, 5.41) is 6.20. The molecule has 0 radical (unpaired) electrons. The van der Waals surface area contributed by atoms with Gasteiger partial charge in [0.25, 0.3) is 0 Å². The average molecular weight is 304 g/mol. The summed E-state index contributed by atoms with van der Waals surface area (Å²) in [5.41, 5.74) is 0.897. The SMILES string of the molecule is CCOC(=O)c1ccccc1NC(=O)CCNC1CCCC1. The highest BCUT2D eigenvalue weighted by atomic mass is 16.5. The Morgan fingerprint density at radius 2 is 1.95 bits per heavy atom. The van der Waals surface area contributed by atoms with Gasteiger partial charge >= 0.3 is 5.97 Å². The molecule has 0 bridgehead atoms. The van der Waals surface area contributed by atoms with Gasteiger partial charge in [0.05, 0.1) is 17.9 Å². The predicted octanol–water partition coefficient (Wildman–Crippen LogP) is 2.72. The molecule has 22 heavy (non-hydrogen) atoms. The van der Waals surface area contributed by atoms with Gasteiger partial charge in [0.15, 0.2) is 0 Å². The van der Waals surface area contributed by atoms with Gasteiger partial charge in [0.2, 0.25) is 5.91 Å². The van der Waals surface area contributed by atoms with Crippen LogP contribution in [0.4, 0.5) is 5.69 Å². The molecule has 1 aromatic carbocycles. The van der Waals surface area contributed by atoms with E-state index in [1.54, 1.807) is 31.2 Å². The summed E-state index contributed by atoms with van der Waals surface area (Å²) in [6, 6.07) is 7.47. The normalized spacial score (nSPS) is 14.8. The van der Waals surface area contributed by atoms with Crippen molar-refractivity contribution in [3.63, 3.8) is 0 Å². The Kier molecular flexibility index (Phi) is 6.40. The first-order valence-corrected chi connectivity index (χ1v) is 8.00. The first kappa shape index (κ1) is 16.5. The number of carbonyl (C=O) groups excluding carboxylic acids is 2. The van der Waals surface area contributed by atoms with E-state index in [9.17, 15) is 9.59 Å². The van der Waals surface area contributed by atoms with Gasteiger partial charge in [-0.05, 0) is 31.9 Å². The van der Waals surface area contributed by atoms with Crippen LogP contribution in [0, 0.1) is 0 Å². The zero-order valence-electron chi connectivity index (χ0n) is 13.1. The van der Waals surface area contributed by atoms with Crippen LogP contribution < -0.4 is 10.6 Å². The lowest BCUT2D eigenvalue weighted by Gasteiger charge is -2.13. The minimum absolute atomic E-state index is 0.0951. The monoisotopic (exact) mass is 304 g/mol. The topological polar surface area (TPSA) is 67.4 Å². The maximum absolute atomic E-state index is 12.0. The summed E-state index contributed by atoms with van der Waals surface area (Å²) in [4.78, 5) is 23.9. The quantitative estimate of drug-likeness (QED) is 0.760. The number of amides is 1. The van der Waals surface area contributed by atoms with Crippen LogP contribution in [-0.2, 0) is 9.53 Å². The number of benzene rings is 1. The molecule has 1 aliphatic carbocycles. The van der Waals surface area contributed by atoms with Crippen molar-refractivity contribution < 1.29 is 14.3 Å². The van der Waals surface area contributed by atoms with Crippen LogP contribution in [0.5, 0.6) is 0 Å². The molecule has 0 aliphatic heterocycles. The second kappa shape index (κ2) is 8.54. The van der Waals surface area contributed by atoms with E-state index >= 15 is 0 Å². The smallest absolute Gasteiger partial charge is 0.340 e. The van der Waals surface area contributed by atoms with Crippen LogP contribution in [-0.4, -0.2) is 31.1 Å². The molecule has 1 aliphatic rings. The zero-order chi connectivity index (χ0) is 15.8. The molecule has 5 nitrogen and oxygen atoms in total. The lowest BCUT2D eigenvalue weighted by molar-refractivity contribution is -0.116. The Labute approximate surface area is 131 Å². The van der Waals surface area contributed by atoms with Gasteiger partial charge < -0.3 is 15.4 Å². The molecular weight excluding hydrogens is 280 g/mol. The van der Waals surface area contributed by atoms with Gasteiger partial charge in [-0.2, -0.15) is 0 Å². The van der Waals surface area contributed by atoms with Crippen molar-refractivity contribution in [1.29, 1.82) is 0 Å². The number of nitrogens with one attached hydrogen (secondary N) is 2. The number of rotatable bonds is 7. The van der Waals surface area contributed by atoms with Gasteiger partial charge in [-0.1, -0.05) is 25.0 Å². The highest BCUT2D eigenvalue weighted by Gasteiger charge is 2.16. The second-order valence-electron chi connectivity index (χ2n) is 5.50. The Balaban J connectivity index is 1.84. The minimum atomic E-state index is -0.414. The summed E-state index contributed by atoms with van der Waals surface area (Å²) >= 11 is 0. The second-order valence-corrected chi connectivity index (χ2v) is 5.50. The van der Waals surface area contributed by atoms with Crippen molar-refractivity contribution in [2.75, 3.05) is 18.5 Å². The predicted molar refractivity (Wildman–Crippen MR) is 85.9 cm³/mol. The third kappa shape index (κ3) is 4.84. The Bertz CT molecular complexity index is 510. The number of para-hydroxylation sites is 1. The van der Waals surface area contributed by atoms with Gasteiger partial charge in [-0.3, -0.25) is 4.79 Å². The van der Waals surface area contributed by atoms with Crippen LogP contribution in [0.2, 0.25) is 0 Å². The fraction of sp³-hybridized carbons (Fsp3) is 0.529. The van der Waals surface area contributed by atoms with Crippen molar-refractivity contribution in [3.05, 3.63) is 29.8 Å². The largest absolute Gasteiger partial charge is 0.462 e. The van der Waals surface area contributed by atoms with Gasteiger partial charge in [-0.25, -0.2) is 4.79 Å². The first-order valence-electron chi connectivity index (χ1n) is 8.00. The van der Waals surface area contributed by atoms with Gasteiger partial charge in [0, 0.05) is 19.0 Å². The molecule has 0 aromatic heterocycles. The summed E-state index contributed by atoms with van der Waals surface area (Å²) in [6.07, 6.45) is 5.35. The number of carbonyl (C=O) groups is 2. The molecular formula is C17H24N2O3. The molecule has 0 atom stereocenters. The van der Waals surface area contributed by atoms with Crippen molar-refractivity contribution in [1.82, 2.24) is 5.32 Å². The molecule has 0 saturated heterocycles. The average Bonchev–Trinajstić information content (AvgIpc) is 3.01. The maximum Gasteiger partial charge on any atom is 0.340 e. The standard InChI is InChI=1S/C17H24N2O3/c1-2-22-17(21)14-9-5-6-10-15(14)19-16(20)11-12-18-13-7-3-4-8-13/h5-6,9-10,13,18H,2-4,7-8,11-12H2,1H3,(H,19,20). The van der Waals surface area contributed by atoms with Crippen molar-refractivity contribution in [3.8, 4) is 0 Å². The molecule has 1 amide bonds. The van der Waals surface area contributed by atoms with E-state index in [4.69, 9.17) is 4.74 Å². The van der Waals surface area contributed by atoms with E-state index < -0.39 is 5.97 Å². The molecule has 1 aromatic rings. The first-order chi connectivity index (χ1) is 10.7. The number of hydrogen-bond donors (Lipinski definition) is 2. The number of hydrogen-bond acceptors (Lipinski definition) is 4. The Hall–Kier alpha value is -1.88. The fourth-order valence-corrected chi connectivity index (χ4v) is 2.71. The lowest BCUT2D eigenvalue weighted by Crippen LogP contribution is -2.29. The number of anilines is 1. The highest BCUT2D eigenvalue weighted by Crippen LogP contribution is 2.18. The van der Waals surface area contributed by atoms with E-state index in [0.29, 0.717) is 36.9 Å². The highest BCUT2D eigenvalue weighted by molar-refractivity contribution is 6.01. The molecule has 0 spiro atoms. The van der Waals surface area contributed by atoms with Crippen LogP contribution >= 0.6 is 0 Å². The van der Waals surface area contributed by atoms with Crippen molar-refractivity contribution in [2.45, 2.75) is 45.1 Å². The number of esters is 1. The van der Waals surface area contributed by atoms with E-state index in [-0.39, 0.29) is 5.91 Å². The lowest BCUT2D eigenvalue weighted by atomic mass is 10.1. The molecule has 120 valence electrons. The summed E-state index contributed by atoms with van der Waals surface area (Å²) in [6.45, 7) is 2.73. The molecule has 1 fully saturated rings. The van der Waals surface area contributed by atoms with Crippen molar-refractivity contribution >= 4 is 17.6 Å². The van der Waals surface area contributed by atoms with E-state index in [1.807, 2.05) is 0 Å². The summed E-state index contributed by atoms with van der Waals surface area (Å²) in [5.74, 6) is -0.510. The third-order valence-corrected chi connectivity index (χ3v) is 3.84. The van der Waals surface area contributed by atoms with E-state index in [1.165, 1.54) is 25.7 Å². The Morgan fingerprint density at radius 1 is 1.23 bits per heavy atom. The molecule has 2 N–H and O–H groups in total. The van der Waals surface area contributed by atoms with Crippen LogP contribution in [0.3, 0.4) is 0 Å². The minimum Gasteiger partial charge on any atom is -0.462 e. The third-order valence-electron chi connectivity index (χ3n) is 3.84. The van der Waals surface area contributed by atoms with E-state index in [2.05, 4.69) is 10.6 Å². The van der Waals surface area contributed by atoms with Crippen LogP contribution in [0.25, 0.3) is 0 Å². The molecule has 1 saturated carbocycles. The fourth-order valence-electron chi connectivity index (χ4n) is 2.71. The zero-order valence-corrected chi connectivity index (χ0v) is 13.1. The van der Waals surface area contributed by atoms with Crippen molar-refractivity contribution in [2.24, 2.45) is 0 Å². The van der Waals surface area contributed by atoms with E-state index in [0.717, 1.165) is 0 Å². The van der Waals surface area contributed by atoms with Gasteiger partial charge in [-0.15, -0.1) is 0 Å². The number of ether oxygens (including phenoxy) is 1. The Morgan fingerprint density at radius 3 is 2.68 bits per heavy atom. The summed E-state index contributed by atoms with van der Waals surface area (Å²) < 4.78 is 5.00. The molecule has 0 heterocycles. The molecule has 5 heteroatoms. The van der Waals surface area contributed by atoms with Crippen LogP contribution in [0.1, 0.15) is 49.4 Å². The van der Waals surface area contributed by atoms with Crippen LogP contribution in [0.15, 0.2) is 24.3 Å².